The van der Waals surface area contributed by atoms with Gasteiger partial charge in [0.25, 0.3) is 0 Å². The Morgan fingerprint density at radius 2 is 1.52 bits per heavy atom. The molecule has 3 aliphatic rings. The lowest BCUT2D eigenvalue weighted by Crippen LogP contribution is -2.59. The molecule has 5 heteroatoms. The topological polar surface area (TPSA) is 42.0 Å². The third-order valence-electron chi connectivity index (χ3n) is 7.50. The molecular weight excluding hydrogens is 388 g/mol. The van der Waals surface area contributed by atoms with Crippen LogP contribution >= 0.6 is 0 Å². The molecule has 1 aromatic rings. The molecule has 0 radical (unpaired) electrons. The summed E-state index contributed by atoms with van der Waals surface area (Å²) in [4.78, 5) is 22.8. The molecular formula is C26H40N2O3. The quantitative estimate of drug-likeness (QED) is 0.611. The lowest BCUT2D eigenvalue weighted by Gasteiger charge is -2.49. The number of hydroxylamine groups is 2. The Bertz CT molecular complexity index is 746. The molecule has 1 aliphatic heterocycles. The summed E-state index contributed by atoms with van der Waals surface area (Å²) in [6, 6.07) is 10.4. The second-order valence-electron chi connectivity index (χ2n) is 10.7. The van der Waals surface area contributed by atoms with Gasteiger partial charge in [0.2, 0.25) is 5.91 Å². The van der Waals surface area contributed by atoms with Crippen molar-refractivity contribution in [2.45, 2.75) is 108 Å². The zero-order valence-corrected chi connectivity index (χ0v) is 19.9. The van der Waals surface area contributed by atoms with Crippen molar-refractivity contribution in [3.63, 3.8) is 0 Å². The molecule has 2 spiro atoms. The zero-order valence-electron chi connectivity index (χ0n) is 19.9. The monoisotopic (exact) mass is 428 g/mol. The minimum atomic E-state index is -0.529. The maximum absolute atomic E-state index is 13.8. The van der Waals surface area contributed by atoms with Gasteiger partial charge in [-0.25, -0.2) is 0 Å². The first-order valence-electron chi connectivity index (χ1n) is 12.2. The molecule has 1 unspecified atom stereocenters. The predicted octanol–water partition coefficient (Wildman–Crippen LogP) is 5.61. The molecule has 1 atom stereocenters. The van der Waals surface area contributed by atoms with Crippen LogP contribution in [0.2, 0.25) is 0 Å². The normalized spacial score (nSPS) is 24.8. The fourth-order valence-corrected chi connectivity index (χ4v) is 5.84. The van der Waals surface area contributed by atoms with E-state index < -0.39 is 5.54 Å². The third-order valence-corrected chi connectivity index (χ3v) is 7.50. The molecule has 5 nitrogen and oxygen atoms in total. The van der Waals surface area contributed by atoms with Gasteiger partial charge in [0, 0.05) is 7.05 Å². The number of ether oxygens (including phenoxy) is 1. The van der Waals surface area contributed by atoms with Gasteiger partial charge in [0.15, 0.2) is 0 Å². The van der Waals surface area contributed by atoms with Crippen LogP contribution in [0, 0.1) is 0 Å². The van der Waals surface area contributed by atoms with Crippen molar-refractivity contribution in [1.29, 1.82) is 0 Å². The van der Waals surface area contributed by atoms with Crippen LogP contribution in [0.4, 0.5) is 0 Å². The van der Waals surface area contributed by atoms with Crippen LogP contribution in [-0.2, 0) is 14.4 Å². The highest BCUT2D eigenvalue weighted by atomic mass is 16.7. The van der Waals surface area contributed by atoms with Gasteiger partial charge in [-0.05, 0) is 64.9 Å². The molecule has 0 bridgehead atoms. The Labute approximate surface area is 188 Å². The molecule has 2 aliphatic carbocycles. The first-order valence-corrected chi connectivity index (χ1v) is 12.2. The number of benzene rings is 1. The van der Waals surface area contributed by atoms with E-state index in [1.165, 1.54) is 12.8 Å². The number of carbonyl (C=O) groups is 1. The van der Waals surface area contributed by atoms with Crippen molar-refractivity contribution in [2.24, 2.45) is 0 Å². The summed E-state index contributed by atoms with van der Waals surface area (Å²) in [5.74, 6) is 0.262. The maximum Gasteiger partial charge on any atom is 0.246 e. The summed E-state index contributed by atoms with van der Waals surface area (Å²) in [6.07, 6.45) is 10.4. The highest BCUT2D eigenvalue weighted by Gasteiger charge is 2.65. The second kappa shape index (κ2) is 8.84. The predicted molar refractivity (Wildman–Crippen MR) is 122 cm³/mol. The minimum Gasteiger partial charge on any atom is -0.373 e. The van der Waals surface area contributed by atoms with Crippen LogP contribution in [0.5, 0.6) is 0 Å². The lowest BCUT2D eigenvalue weighted by atomic mass is 9.80. The van der Waals surface area contributed by atoms with E-state index in [0.29, 0.717) is 6.61 Å². The van der Waals surface area contributed by atoms with Crippen molar-refractivity contribution in [3.05, 3.63) is 35.9 Å². The smallest absolute Gasteiger partial charge is 0.246 e. The van der Waals surface area contributed by atoms with Gasteiger partial charge in [0.1, 0.15) is 17.3 Å². The molecule has 2 saturated carbocycles. The van der Waals surface area contributed by atoms with Crippen LogP contribution in [0.3, 0.4) is 0 Å². The number of rotatable bonds is 5. The van der Waals surface area contributed by atoms with Crippen molar-refractivity contribution in [3.8, 4) is 0 Å². The molecule has 1 aromatic carbocycles. The summed E-state index contributed by atoms with van der Waals surface area (Å²) in [7, 11) is 2.01. The van der Waals surface area contributed by atoms with Gasteiger partial charge in [-0.1, -0.05) is 56.0 Å². The zero-order chi connectivity index (χ0) is 22.1. The van der Waals surface area contributed by atoms with E-state index in [-0.39, 0.29) is 23.3 Å². The number of hydrogen-bond donors (Lipinski definition) is 0. The summed E-state index contributed by atoms with van der Waals surface area (Å²) in [6.45, 7) is 6.70. The minimum absolute atomic E-state index is 0.239. The SMILES string of the molecule is CN1C(=O)C2(CCCCC2)N(OC(COC(C)(C)C)c2ccccc2)C12CCCCC2. The van der Waals surface area contributed by atoms with E-state index in [1.807, 2.05) is 18.0 Å². The van der Waals surface area contributed by atoms with Crippen LogP contribution in [0.25, 0.3) is 0 Å². The Morgan fingerprint density at radius 1 is 0.935 bits per heavy atom. The number of likely N-dealkylation sites (N-methyl/N-ethyl adjacent to an activating group) is 1. The Morgan fingerprint density at radius 3 is 2.10 bits per heavy atom. The molecule has 4 rings (SSSR count). The van der Waals surface area contributed by atoms with Gasteiger partial charge in [-0.15, -0.1) is 5.06 Å². The van der Waals surface area contributed by atoms with E-state index >= 15 is 0 Å². The summed E-state index contributed by atoms with van der Waals surface area (Å²) in [5.41, 5.74) is -0.00903. The van der Waals surface area contributed by atoms with Crippen molar-refractivity contribution < 1.29 is 14.4 Å². The number of amides is 1. The van der Waals surface area contributed by atoms with E-state index in [1.54, 1.807) is 0 Å². The van der Waals surface area contributed by atoms with Crippen molar-refractivity contribution in [2.75, 3.05) is 13.7 Å². The second-order valence-corrected chi connectivity index (χ2v) is 10.7. The van der Waals surface area contributed by atoms with Gasteiger partial charge in [-0.3, -0.25) is 9.63 Å². The third kappa shape index (κ3) is 4.29. The van der Waals surface area contributed by atoms with Gasteiger partial charge >= 0.3 is 0 Å². The van der Waals surface area contributed by atoms with Gasteiger partial charge in [0.05, 0.1) is 12.2 Å². The highest BCUT2D eigenvalue weighted by Crippen LogP contribution is 2.52. The highest BCUT2D eigenvalue weighted by molar-refractivity contribution is 5.89. The van der Waals surface area contributed by atoms with Crippen molar-refractivity contribution in [1.82, 2.24) is 9.96 Å². The summed E-state index contributed by atoms with van der Waals surface area (Å²) >= 11 is 0. The Balaban J connectivity index is 1.71. The van der Waals surface area contributed by atoms with Crippen LogP contribution < -0.4 is 0 Å². The maximum atomic E-state index is 13.8. The molecule has 31 heavy (non-hydrogen) atoms. The lowest BCUT2D eigenvalue weighted by molar-refractivity contribution is -0.314. The average Bonchev–Trinajstić information content (AvgIpc) is 2.92. The summed E-state index contributed by atoms with van der Waals surface area (Å²) < 4.78 is 6.21. The standard InChI is InChI=1S/C26H40N2O3/c1-24(2,3)30-20-22(21-14-8-5-9-15-21)31-28-25(16-10-6-11-17-25)23(29)27(4)26(28)18-12-7-13-19-26/h5,8-9,14-15,22H,6-7,10-13,16-20H2,1-4H3. The number of carbonyl (C=O) groups excluding carboxylic acids is 1. The molecule has 3 fully saturated rings. The van der Waals surface area contributed by atoms with E-state index in [2.05, 4.69) is 50.1 Å². The van der Waals surface area contributed by atoms with Crippen LogP contribution in [0.1, 0.15) is 96.6 Å². The number of nitrogens with zero attached hydrogens (tertiary/aromatic N) is 2. The molecule has 0 aromatic heterocycles. The molecule has 1 saturated heterocycles. The fourth-order valence-electron chi connectivity index (χ4n) is 5.84. The molecule has 1 amide bonds. The van der Waals surface area contributed by atoms with E-state index in [0.717, 1.165) is 56.9 Å². The van der Waals surface area contributed by atoms with Gasteiger partial charge < -0.3 is 9.64 Å². The first-order chi connectivity index (χ1) is 14.8. The van der Waals surface area contributed by atoms with Crippen molar-refractivity contribution >= 4 is 5.91 Å². The Kier molecular flexibility index (Phi) is 6.49. The fraction of sp³-hybridized carbons (Fsp3) is 0.731. The largest absolute Gasteiger partial charge is 0.373 e. The van der Waals surface area contributed by atoms with Crippen LogP contribution in [0.15, 0.2) is 30.3 Å². The first kappa shape index (κ1) is 22.8. The average molecular weight is 429 g/mol. The van der Waals surface area contributed by atoms with E-state index in [4.69, 9.17) is 9.57 Å². The molecule has 1 heterocycles. The summed E-state index contributed by atoms with van der Waals surface area (Å²) in [5, 5.41) is 2.20. The van der Waals surface area contributed by atoms with Gasteiger partial charge in [-0.2, -0.15) is 0 Å². The number of hydrogen-bond acceptors (Lipinski definition) is 4. The van der Waals surface area contributed by atoms with Crippen LogP contribution in [-0.4, -0.2) is 46.3 Å². The molecule has 172 valence electrons. The Hall–Kier alpha value is -1.43. The molecule has 0 N–H and O–H groups in total. The van der Waals surface area contributed by atoms with E-state index in [9.17, 15) is 4.79 Å².